The second-order valence-electron chi connectivity index (χ2n) is 7.36. The molecule has 4 rings (SSSR count). The molecule has 2 aromatic heterocycles. The lowest BCUT2D eigenvalue weighted by molar-refractivity contribution is -0.115. The number of thioether (sulfide) groups is 1. The number of hydrogen-bond acceptors (Lipinski definition) is 5. The molecule has 152 valence electrons. The predicted molar refractivity (Wildman–Crippen MR) is 120 cm³/mol. The first-order valence-electron chi connectivity index (χ1n) is 9.71. The summed E-state index contributed by atoms with van der Waals surface area (Å²) in [6.07, 6.45) is 0. The summed E-state index contributed by atoms with van der Waals surface area (Å²) >= 11 is 1.32. The Morgan fingerprint density at radius 1 is 1.00 bits per heavy atom. The molecule has 4 aromatic rings. The van der Waals surface area contributed by atoms with Gasteiger partial charge < -0.3 is 5.32 Å². The number of hydrogen-bond donors (Lipinski definition) is 1. The van der Waals surface area contributed by atoms with Crippen molar-refractivity contribution in [3.05, 3.63) is 82.7 Å². The van der Waals surface area contributed by atoms with Gasteiger partial charge in [-0.15, -0.1) is 5.10 Å². The van der Waals surface area contributed by atoms with Gasteiger partial charge in [-0.25, -0.2) is 9.50 Å². The van der Waals surface area contributed by atoms with Gasteiger partial charge in [0.05, 0.1) is 0 Å². The van der Waals surface area contributed by atoms with Crippen molar-refractivity contribution < 1.29 is 4.79 Å². The smallest absolute Gasteiger partial charge is 0.253 e. The Labute approximate surface area is 179 Å². The van der Waals surface area contributed by atoms with Crippen LogP contribution in [0.1, 0.15) is 33.3 Å². The van der Waals surface area contributed by atoms with Crippen LogP contribution in [-0.4, -0.2) is 25.5 Å². The van der Waals surface area contributed by atoms with Crippen molar-refractivity contribution in [2.45, 2.75) is 38.1 Å². The number of aromatic nitrogens is 4. The van der Waals surface area contributed by atoms with Crippen LogP contribution in [0.2, 0.25) is 0 Å². The maximum absolute atomic E-state index is 13.3. The lowest BCUT2D eigenvalue weighted by Crippen LogP contribution is -2.19. The standard InChI is InChI=1S/C23H23N5OS/c1-14-10-11-15(2)19(12-14)25-21(29)20(18-8-6-5-7-9-18)30-23-26-22-24-16(3)13-17(4)28(22)27-23/h5-13,20H,1-4H3,(H,25,29)/t20-/m0/s1. The molecule has 0 bridgehead atoms. The van der Waals surface area contributed by atoms with E-state index in [9.17, 15) is 4.79 Å². The number of nitrogens with zero attached hydrogens (tertiary/aromatic N) is 4. The number of nitrogens with one attached hydrogen (secondary N) is 1. The fourth-order valence-corrected chi connectivity index (χ4v) is 4.21. The molecule has 7 heteroatoms. The number of fused-ring (bicyclic) bond motifs is 1. The lowest BCUT2D eigenvalue weighted by Gasteiger charge is -2.17. The van der Waals surface area contributed by atoms with Crippen LogP contribution >= 0.6 is 11.8 Å². The minimum atomic E-state index is -0.495. The van der Waals surface area contributed by atoms with Crippen molar-refractivity contribution in [3.63, 3.8) is 0 Å². The Bertz CT molecular complexity index is 1220. The molecule has 1 N–H and O–H groups in total. The molecule has 2 aromatic carbocycles. The summed E-state index contributed by atoms with van der Waals surface area (Å²) in [5.74, 6) is 0.427. The zero-order valence-electron chi connectivity index (χ0n) is 17.4. The predicted octanol–water partition coefficient (Wildman–Crippen LogP) is 4.83. The zero-order chi connectivity index (χ0) is 21.3. The van der Waals surface area contributed by atoms with Crippen LogP contribution in [0, 0.1) is 27.7 Å². The number of benzene rings is 2. The third-order valence-corrected chi connectivity index (χ3v) is 5.92. The first-order valence-corrected chi connectivity index (χ1v) is 10.6. The molecule has 6 nitrogen and oxygen atoms in total. The highest BCUT2D eigenvalue weighted by Crippen LogP contribution is 2.35. The molecule has 1 amide bonds. The SMILES string of the molecule is Cc1ccc(C)c(NC(=O)[C@@H](Sc2nc3nc(C)cc(C)n3n2)c2ccccc2)c1. The van der Waals surface area contributed by atoms with E-state index in [1.165, 1.54) is 11.8 Å². The van der Waals surface area contributed by atoms with Gasteiger partial charge in [0.15, 0.2) is 0 Å². The Morgan fingerprint density at radius 3 is 2.53 bits per heavy atom. The van der Waals surface area contributed by atoms with Crippen molar-refractivity contribution in [3.8, 4) is 0 Å². The minimum absolute atomic E-state index is 0.111. The van der Waals surface area contributed by atoms with Crippen LogP contribution in [0.15, 0.2) is 59.8 Å². The summed E-state index contributed by atoms with van der Waals surface area (Å²) < 4.78 is 1.71. The molecule has 1 atom stereocenters. The molecule has 0 aliphatic carbocycles. The summed E-state index contributed by atoms with van der Waals surface area (Å²) in [6.45, 7) is 7.89. The molecular weight excluding hydrogens is 394 g/mol. The monoisotopic (exact) mass is 417 g/mol. The fourth-order valence-electron chi connectivity index (χ4n) is 3.27. The molecule has 0 aliphatic rings. The minimum Gasteiger partial charge on any atom is -0.325 e. The van der Waals surface area contributed by atoms with Gasteiger partial charge in [0.1, 0.15) is 5.25 Å². The maximum Gasteiger partial charge on any atom is 0.253 e. The van der Waals surface area contributed by atoms with E-state index in [1.54, 1.807) is 4.52 Å². The first-order chi connectivity index (χ1) is 14.4. The molecule has 0 saturated carbocycles. The lowest BCUT2D eigenvalue weighted by atomic mass is 10.1. The van der Waals surface area contributed by atoms with Crippen LogP contribution in [0.25, 0.3) is 5.78 Å². The van der Waals surface area contributed by atoms with Crippen LogP contribution in [0.4, 0.5) is 5.69 Å². The Morgan fingerprint density at radius 2 is 1.77 bits per heavy atom. The quantitative estimate of drug-likeness (QED) is 0.471. The second kappa shape index (κ2) is 8.28. The molecular formula is C23H23N5OS. The van der Waals surface area contributed by atoms with E-state index in [-0.39, 0.29) is 5.91 Å². The number of aryl methyl sites for hydroxylation is 4. The highest BCUT2D eigenvalue weighted by atomic mass is 32.2. The van der Waals surface area contributed by atoms with Crippen molar-refractivity contribution in [2.24, 2.45) is 0 Å². The van der Waals surface area contributed by atoms with Crippen molar-refractivity contribution in [1.82, 2.24) is 19.6 Å². The fraction of sp³-hybridized carbons (Fsp3) is 0.217. The van der Waals surface area contributed by atoms with Crippen LogP contribution in [0.5, 0.6) is 0 Å². The van der Waals surface area contributed by atoms with Gasteiger partial charge >= 0.3 is 0 Å². The van der Waals surface area contributed by atoms with Gasteiger partial charge in [-0.1, -0.05) is 54.2 Å². The van der Waals surface area contributed by atoms with Gasteiger partial charge in [-0.05, 0) is 56.5 Å². The molecule has 0 saturated heterocycles. The van der Waals surface area contributed by atoms with Gasteiger partial charge in [0.2, 0.25) is 11.1 Å². The number of rotatable bonds is 5. The van der Waals surface area contributed by atoms with E-state index in [0.717, 1.165) is 33.8 Å². The van der Waals surface area contributed by atoms with Crippen molar-refractivity contribution in [1.29, 1.82) is 0 Å². The zero-order valence-corrected chi connectivity index (χ0v) is 18.2. The average Bonchev–Trinajstić information content (AvgIpc) is 3.12. The maximum atomic E-state index is 13.3. The van der Waals surface area contributed by atoms with Gasteiger partial charge in [-0.2, -0.15) is 4.98 Å². The molecule has 30 heavy (non-hydrogen) atoms. The highest BCUT2D eigenvalue weighted by molar-refractivity contribution is 8.00. The average molecular weight is 418 g/mol. The van der Waals surface area contributed by atoms with Crippen LogP contribution in [0.3, 0.4) is 0 Å². The number of amides is 1. The molecule has 2 heterocycles. The molecule has 0 spiro atoms. The first kappa shape index (κ1) is 20.1. The number of anilines is 1. The Kier molecular flexibility index (Phi) is 5.55. The number of carbonyl (C=O) groups excluding carboxylic acids is 1. The second-order valence-corrected chi connectivity index (χ2v) is 8.43. The largest absolute Gasteiger partial charge is 0.325 e. The Balaban J connectivity index is 1.68. The highest BCUT2D eigenvalue weighted by Gasteiger charge is 2.25. The third-order valence-electron chi connectivity index (χ3n) is 4.81. The summed E-state index contributed by atoms with van der Waals surface area (Å²) in [5.41, 5.74) is 5.66. The Hall–Kier alpha value is -3.19. The summed E-state index contributed by atoms with van der Waals surface area (Å²) in [5, 5.41) is 7.67. The van der Waals surface area contributed by atoms with Gasteiger partial charge in [-0.3, -0.25) is 4.79 Å². The molecule has 0 radical (unpaired) electrons. The summed E-state index contributed by atoms with van der Waals surface area (Å²) in [4.78, 5) is 22.3. The van der Waals surface area contributed by atoms with E-state index < -0.39 is 5.25 Å². The number of carbonyl (C=O) groups is 1. The third kappa shape index (κ3) is 4.21. The van der Waals surface area contributed by atoms with E-state index in [1.807, 2.05) is 82.3 Å². The molecule has 0 aliphatic heterocycles. The molecule has 0 fully saturated rings. The van der Waals surface area contributed by atoms with E-state index in [4.69, 9.17) is 0 Å². The van der Waals surface area contributed by atoms with Crippen LogP contribution < -0.4 is 5.32 Å². The van der Waals surface area contributed by atoms with Crippen molar-refractivity contribution >= 4 is 29.1 Å². The van der Waals surface area contributed by atoms with Gasteiger partial charge in [0, 0.05) is 17.1 Å². The molecule has 0 unspecified atom stereocenters. The van der Waals surface area contributed by atoms with E-state index in [2.05, 4.69) is 20.4 Å². The van der Waals surface area contributed by atoms with E-state index in [0.29, 0.717) is 10.9 Å². The summed E-state index contributed by atoms with van der Waals surface area (Å²) in [6, 6.07) is 17.7. The normalized spacial score (nSPS) is 12.1. The van der Waals surface area contributed by atoms with Gasteiger partial charge in [0.25, 0.3) is 5.78 Å². The summed E-state index contributed by atoms with van der Waals surface area (Å²) in [7, 11) is 0. The van der Waals surface area contributed by atoms with Crippen LogP contribution in [-0.2, 0) is 4.79 Å². The topological polar surface area (TPSA) is 72.2 Å². The van der Waals surface area contributed by atoms with Crippen molar-refractivity contribution in [2.75, 3.05) is 5.32 Å². The van der Waals surface area contributed by atoms with E-state index >= 15 is 0 Å².